The molecule has 0 spiro atoms. The predicted molar refractivity (Wildman–Crippen MR) is 188 cm³/mol. The number of benzene rings is 6. The van der Waals surface area contributed by atoms with Gasteiger partial charge in [0.15, 0.2) is 0 Å². The highest BCUT2D eigenvalue weighted by atomic mass is 32.1. The molecule has 45 heavy (non-hydrogen) atoms. The normalized spacial score (nSPS) is 12.4. The van der Waals surface area contributed by atoms with Crippen LogP contribution in [0.5, 0.6) is 0 Å². The number of thiophene rings is 1. The van der Waals surface area contributed by atoms with Crippen molar-refractivity contribution >= 4 is 70.6 Å². The minimum absolute atomic E-state index is 0.651. The number of fused-ring (bicyclic) bond motifs is 9. The van der Waals surface area contributed by atoms with E-state index >= 15 is 0 Å². The fourth-order valence-corrected chi connectivity index (χ4v) is 8.11. The van der Waals surface area contributed by atoms with Crippen molar-refractivity contribution in [1.82, 2.24) is 14.5 Å². The Labute approximate surface area is 263 Å². The van der Waals surface area contributed by atoms with Gasteiger partial charge in [0.25, 0.3) is 0 Å². The lowest BCUT2D eigenvalue weighted by atomic mass is 10.1. The number of rotatable bonds is 3. The zero-order valence-corrected chi connectivity index (χ0v) is 24.9. The monoisotopic (exact) mass is 592 g/mol. The Kier molecular flexibility index (Phi) is 5.12. The minimum Gasteiger partial charge on any atom is -0.304 e. The summed E-state index contributed by atoms with van der Waals surface area (Å²) in [6.45, 7) is 0. The predicted octanol–water partition coefficient (Wildman–Crippen LogP) is 11.1. The van der Waals surface area contributed by atoms with E-state index in [2.05, 4.69) is 143 Å². The summed E-state index contributed by atoms with van der Waals surface area (Å²) in [5.74, 6) is 0.651. The second kappa shape index (κ2) is 9.36. The van der Waals surface area contributed by atoms with Gasteiger partial charge in [0.05, 0.1) is 39.5 Å². The van der Waals surface area contributed by atoms with Crippen molar-refractivity contribution in [3.8, 4) is 28.2 Å². The molecule has 1 aliphatic rings. The van der Waals surface area contributed by atoms with Crippen LogP contribution in [0.4, 0.5) is 17.3 Å². The Hall–Kier alpha value is -5.78. The zero-order valence-electron chi connectivity index (χ0n) is 24.1. The Bertz CT molecular complexity index is 2540. The molecule has 3 aromatic heterocycles. The molecule has 0 radical (unpaired) electrons. The van der Waals surface area contributed by atoms with E-state index in [0.717, 1.165) is 39.6 Å². The first-order valence-electron chi connectivity index (χ1n) is 15.1. The molecule has 9 aromatic rings. The van der Waals surface area contributed by atoms with Crippen LogP contribution in [0.15, 0.2) is 146 Å². The van der Waals surface area contributed by atoms with E-state index in [1.807, 2.05) is 23.5 Å². The second-order valence-corrected chi connectivity index (χ2v) is 12.5. The van der Waals surface area contributed by atoms with Gasteiger partial charge >= 0.3 is 0 Å². The lowest BCUT2D eigenvalue weighted by Crippen LogP contribution is -2.20. The third kappa shape index (κ3) is 3.53. The summed E-state index contributed by atoms with van der Waals surface area (Å²) in [5, 5.41) is 5.09. The van der Waals surface area contributed by atoms with Crippen LogP contribution in [0.1, 0.15) is 0 Å². The minimum atomic E-state index is 0.651. The van der Waals surface area contributed by atoms with Gasteiger partial charge in [-0.3, -0.25) is 4.90 Å². The van der Waals surface area contributed by atoms with E-state index in [-0.39, 0.29) is 0 Å². The summed E-state index contributed by atoms with van der Waals surface area (Å²) in [7, 11) is 0. The maximum Gasteiger partial charge on any atom is 0.235 e. The van der Waals surface area contributed by atoms with E-state index in [4.69, 9.17) is 9.97 Å². The standard InChI is InChI=1S/C40H24N4S/c1-3-12-25(13-4-1)30-24-31(26-14-5-2-6-15-26)42-40(41-30)43-32-18-8-9-19-33(32)44-38-27(17-11-20-34(38)43)28-22-23-36-37(39(28)44)29-16-7-10-21-35(29)45-36/h1-24H. The molecule has 0 amide bonds. The summed E-state index contributed by atoms with van der Waals surface area (Å²) in [4.78, 5) is 12.8. The van der Waals surface area contributed by atoms with Crippen molar-refractivity contribution < 1.29 is 0 Å². The van der Waals surface area contributed by atoms with E-state index in [9.17, 15) is 0 Å². The van der Waals surface area contributed by atoms with E-state index in [0.29, 0.717) is 5.95 Å². The molecule has 4 heterocycles. The van der Waals surface area contributed by atoms with Gasteiger partial charge in [-0.2, -0.15) is 0 Å². The highest BCUT2D eigenvalue weighted by molar-refractivity contribution is 7.26. The fourth-order valence-electron chi connectivity index (χ4n) is 7.00. The molecule has 0 fully saturated rings. The molecule has 0 saturated carbocycles. The molecule has 0 N–H and O–H groups in total. The van der Waals surface area contributed by atoms with Crippen LogP contribution in [0, 0.1) is 0 Å². The Morgan fingerprint density at radius 1 is 0.444 bits per heavy atom. The van der Waals surface area contributed by atoms with Crippen molar-refractivity contribution in [2.24, 2.45) is 0 Å². The van der Waals surface area contributed by atoms with E-state index < -0.39 is 0 Å². The molecule has 4 nitrogen and oxygen atoms in total. The third-order valence-electron chi connectivity index (χ3n) is 8.93. The number of para-hydroxylation sites is 3. The Morgan fingerprint density at radius 2 is 1.04 bits per heavy atom. The van der Waals surface area contributed by atoms with Crippen molar-refractivity contribution in [1.29, 1.82) is 0 Å². The first kappa shape index (κ1) is 24.6. The van der Waals surface area contributed by atoms with Crippen LogP contribution in [0.3, 0.4) is 0 Å². The SMILES string of the molecule is c1ccc(-c2cc(-c3ccccc3)nc(N3c4ccccc4-n4c5c3cccc5c3ccc5sc6ccccc6c5c34)n2)cc1. The smallest absolute Gasteiger partial charge is 0.235 e. The molecule has 1 aliphatic heterocycles. The Morgan fingerprint density at radius 3 is 1.80 bits per heavy atom. The highest BCUT2D eigenvalue weighted by Gasteiger charge is 2.31. The third-order valence-corrected chi connectivity index (χ3v) is 10.1. The largest absolute Gasteiger partial charge is 0.304 e. The molecule has 0 aliphatic carbocycles. The lowest BCUT2D eigenvalue weighted by Gasteiger charge is -2.31. The van der Waals surface area contributed by atoms with Crippen LogP contribution in [-0.4, -0.2) is 14.5 Å². The molecule has 5 heteroatoms. The average Bonchev–Trinajstić information content (AvgIpc) is 3.66. The number of nitrogens with zero attached hydrogens (tertiary/aromatic N) is 4. The molecule has 0 unspecified atom stereocenters. The van der Waals surface area contributed by atoms with Crippen LogP contribution in [0.2, 0.25) is 0 Å². The second-order valence-electron chi connectivity index (χ2n) is 11.4. The summed E-state index contributed by atoms with van der Waals surface area (Å²) in [6, 6.07) is 51.5. The zero-order chi connectivity index (χ0) is 29.5. The van der Waals surface area contributed by atoms with Crippen molar-refractivity contribution in [3.05, 3.63) is 146 Å². The van der Waals surface area contributed by atoms with Crippen LogP contribution >= 0.6 is 11.3 Å². The van der Waals surface area contributed by atoms with Crippen molar-refractivity contribution in [2.75, 3.05) is 4.90 Å². The molecule has 0 atom stereocenters. The number of hydrogen-bond acceptors (Lipinski definition) is 4. The summed E-state index contributed by atoms with van der Waals surface area (Å²) in [6.07, 6.45) is 0. The van der Waals surface area contributed by atoms with Gasteiger partial charge in [-0.1, -0.05) is 109 Å². The van der Waals surface area contributed by atoms with Crippen molar-refractivity contribution in [3.63, 3.8) is 0 Å². The summed E-state index contributed by atoms with van der Waals surface area (Å²) >= 11 is 1.86. The quantitative estimate of drug-likeness (QED) is 0.205. The van der Waals surface area contributed by atoms with Gasteiger partial charge in [0, 0.05) is 42.1 Å². The highest BCUT2D eigenvalue weighted by Crippen LogP contribution is 2.51. The first-order chi connectivity index (χ1) is 22.3. The summed E-state index contributed by atoms with van der Waals surface area (Å²) < 4.78 is 5.09. The molecular weight excluding hydrogens is 569 g/mol. The van der Waals surface area contributed by atoms with Gasteiger partial charge in [0.1, 0.15) is 0 Å². The number of aromatic nitrogens is 3. The maximum absolute atomic E-state index is 5.26. The number of hydrogen-bond donors (Lipinski definition) is 0. The van der Waals surface area contributed by atoms with Gasteiger partial charge < -0.3 is 4.57 Å². The molecular formula is C40H24N4S. The van der Waals surface area contributed by atoms with Gasteiger partial charge in [-0.15, -0.1) is 11.3 Å². The molecule has 0 bridgehead atoms. The maximum atomic E-state index is 5.26. The molecule has 10 rings (SSSR count). The van der Waals surface area contributed by atoms with Gasteiger partial charge in [0.2, 0.25) is 5.95 Å². The van der Waals surface area contributed by atoms with Crippen molar-refractivity contribution in [2.45, 2.75) is 0 Å². The number of anilines is 3. The molecule has 0 saturated heterocycles. The average molecular weight is 593 g/mol. The van der Waals surface area contributed by atoms with Crippen LogP contribution in [-0.2, 0) is 0 Å². The molecule has 6 aromatic carbocycles. The van der Waals surface area contributed by atoms with Crippen LogP contribution < -0.4 is 4.90 Å². The van der Waals surface area contributed by atoms with Crippen LogP contribution in [0.25, 0.3) is 70.2 Å². The van der Waals surface area contributed by atoms with E-state index in [1.165, 1.54) is 42.0 Å². The summed E-state index contributed by atoms with van der Waals surface area (Å²) in [5.41, 5.74) is 9.56. The van der Waals surface area contributed by atoms with Gasteiger partial charge in [-0.25, -0.2) is 9.97 Å². The van der Waals surface area contributed by atoms with Gasteiger partial charge in [-0.05, 0) is 36.4 Å². The van der Waals surface area contributed by atoms with E-state index in [1.54, 1.807) is 0 Å². The molecule has 210 valence electrons. The topological polar surface area (TPSA) is 34.0 Å². The first-order valence-corrected chi connectivity index (χ1v) is 15.9. The fraction of sp³-hybridized carbons (Fsp3) is 0. The Balaban J connectivity index is 1.33. The lowest BCUT2D eigenvalue weighted by molar-refractivity contribution is 1.05.